The van der Waals surface area contributed by atoms with Crippen molar-refractivity contribution in [3.8, 4) is 0 Å². The first-order chi connectivity index (χ1) is 9.29. The van der Waals surface area contributed by atoms with Crippen LogP contribution >= 0.6 is 0 Å². The van der Waals surface area contributed by atoms with Crippen molar-refractivity contribution in [2.75, 3.05) is 6.54 Å². The van der Waals surface area contributed by atoms with Crippen molar-refractivity contribution in [2.45, 2.75) is 58.9 Å². The second kappa shape index (κ2) is 9.34. The molecule has 0 fully saturated rings. The van der Waals surface area contributed by atoms with E-state index in [9.17, 15) is 19.5 Å². The summed E-state index contributed by atoms with van der Waals surface area (Å²) < 4.78 is 0. The zero-order chi connectivity index (χ0) is 15.7. The van der Waals surface area contributed by atoms with E-state index in [1.165, 1.54) is 4.90 Å². The molecule has 1 amide bonds. The lowest BCUT2D eigenvalue weighted by Gasteiger charge is -2.29. The van der Waals surface area contributed by atoms with Crippen LogP contribution in [-0.4, -0.2) is 45.5 Å². The van der Waals surface area contributed by atoms with Gasteiger partial charge in [-0.15, -0.1) is 0 Å². The van der Waals surface area contributed by atoms with Gasteiger partial charge in [0.2, 0.25) is 5.91 Å². The lowest BCUT2D eigenvalue weighted by molar-refractivity contribution is -0.152. The van der Waals surface area contributed by atoms with E-state index in [0.29, 0.717) is 12.8 Å². The van der Waals surface area contributed by atoms with Gasteiger partial charge in [0.15, 0.2) is 0 Å². The molecule has 20 heavy (non-hydrogen) atoms. The predicted octanol–water partition coefficient (Wildman–Crippen LogP) is 1.98. The van der Waals surface area contributed by atoms with Crippen LogP contribution in [0.25, 0.3) is 0 Å². The molecule has 2 N–H and O–H groups in total. The minimum absolute atomic E-state index is 0.0540. The van der Waals surface area contributed by atoms with Crippen LogP contribution in [0.4, 0.5) is 0 Å². The van der Waals surface area contributed by atoms with Crippen LogP contribution in [0.1, 0.15) is 52.9 Å². The van der Waals surface area contributed by atoms with Crippen molar-refractivity contribution in [3.05, 3.63) is 0 Å². The minimum atomic E-state index is -1.08. The third-order valence-electron chi connectivity index (χ3n) is 2.99. The Bertz CT molecular complexity index is 340. The van der Waals surface area contributed by atoms with Gasteiger partial charge in [0.05, 0.1) is 6.42 Å². The summed E-state index contributed by atoms with van der Waals surface area (Å²) in [4.78, 5) is 35.4. The fourth-order valence-electron chi connectivity index (χ4n) is 1.95. The van der Waals surface area contributed by atoms with Crippen LogP contribution in [0.15, 0.2) is 0 Å². The molecule has 0 radical (unpaired) electrons. The molecule has 0 saturated heterocycles. The average Bonchev–Trinajstić information content (AvgIpc) is 2.34. The summed E-state index contributed by atoms with van der Waals surface area (Å²) in [5.74, 6) is -2.27. The van der Waals surface area contributed by atoms with E-state index in [0.717, 1.165) is 6.42 Å². The maximum Gasteiger partial charge on any atom is 0.326 e. The Labute approximate surface area is 119 Å². The largest absolute Gasteiger partial charge is 0.481 e. The number of nitrogens with zero attached hydrogens (tertiary/aromatic N) is 1. The van der Waals surface area contributed by atoms with Gasteiger partial charge < -0.3 is 15.1 Å². The van der Waals surface area contributed by atoms with Gasteiger partial charge in [0.25, 0.3) is 0 Å². The Kier molecular flexibility index (Phi) is 8.59. The van der Waals surface area contributed by atoms with Crippen LogP contribution in [0.5, 0.6) is 0 Å². The summed E-state index contributed by atoms with van der Waals surface area (Å²) in [5, 5.41) is 18.0. The summed E-state index contributed by atoms with van der Waals surface area (Å²) in [5.41, 5.74) is 0. The third-order valence-corrected chi connectivity index (χ3v) is 2.99. The molecular weight excluding hydrogens is 262 g/mol. The summed E-state index contributed by atoms with van der Waals surface area (Å²) in [7, 11) is 0. The normalized spacial score (nSPS) is 12.2. The maximum atomic E-state index is 12.1. The number of carbonyl (C=O) groups excluding carboxylic acids is 1. The number of hydrogen-bond donors (Lipinski definition) is 2. The minimum Gasteiger partial charge on any atom is -0.481 e. The molecule has 0 aromatic carbocycles. The number of hydrogen-bond acceptors (Lipinski definition) is 3. The molecule has 0 spiro atoms. The molecule has 0 rings (SSSR count). The molecule has 116 valence electrons. The Morgan fingerprint density at radius 3 is 2.10 bits per heavy atom. The number of carboxylic acid groups (broad SMARTS) is 2. The Balaban J connectivity index is 4.96. The van der Waals surface area contributed by atoms with Crippen LogP contribution < -0.4 is 0 Å². The molecule has 0 heterocycles. The van der Waals surface area contributed by atoms with E-state index in [2.05, 4.69) is 0 Å². The third kappa shape index (κ3) is 7.11. The Morgan fingerprint density at radius 2 is 1.70 bits per heavy atom. The number of rotatable bonds is 10. The zero-order valence-electron chi connectivity index (χ0n) is 12.5. The van der Waals surface area contributed by atoms with Gasteiger partial charge in [0.1, 0.15) is 6.04 Å². The highest BCUT2D eigenvalue weighted by Crippen LogP contribution is 2.15. The Hall–Kier alpha value is -1.59. The van der Waals surface area contributed by atoms with Crippen LogP contribution in [0, 0.1) is 5.92 Å². The first-order valence-electron chi connectivity index (χ1n) is 7.03. The number of unbranched alkanes of at least 4 members (excludes halogenated alkanes) is 1. The molecule has 1 atom stereocenters. The summed E-state index contributed by atoms with van der Waals surface area (Å²) >= 11 is 0. The van der Waals surface area contributed by atoms with Crippen molar-refractivity contribution in [2.24, 2.45) is 5.92 Å². The number of amides is 1. The molecular formula is C14H25NO5. The first-order valence-corrected chi connectivity index (χ1v) is 7.03. The van der Waals surface area contributed by atoms with E-state index in [-0.39, 0.29) is 31.2 Å². The molecule has 0 aromatic heterocycles. The molecule has 6 nitrogen and oxygen atoms in total. The van der Waals surface area contributed by atoms with Crippen molar-refractivity contribution in [3.63, 3.8) is 0 Å². The van der Waals surface area contributed by atoms with Crippen LogP contribution in [0.3, 0.4) is 0 Å². The molecule has 0 aliphatic heterocycles. The smallest absolute Gasteiger partial charge is 0.326 e. The summed E-state index contributed by atoms with van der Waals surface area (Å²) in [6.07, 6.45) is 1.86. The Morgan fingerprint density at radius 1 is 1.10 bits per heavy atom. The van der Waals surface area contributed by atoms with E-state index in [1.54, 1.807) is 0 Å². The number of carboxylic acids is 2. The predicted molar refractivity (Wildman–Crippen MR) is 74.4 cm³/mol. The van der Waals surface area contributed by atoms with Gasteiger partial charge in [-0.2, -0.15) is 0 Å². The van der Waals surface area contributed by atoms with Gasteiger partial charge in [-0.25, -0.2) is 4.79 Å². The average molecular weight is 287 g/mol. The molecule has 1 unspecified atom stereocenters. The van der Waals surface area contributed by atoms with Crippen molar-refractivity contribution in [1.29, 1.82) is 0 Å². The van der Waals surface area contributed by atoms with E-state index in [4.69, 9.17) is 5.11 Å². The molecule has 0 bridgehead atoms. The van der Waals surface area contributed by atoms with E-state index >= 15 is 0 Å². The fourth-order valence-corrected chi connectivity index (χ4v) is 1.95. The highest BCUT2D eigenvalue weighted by Gasteiger charge is 2.30. The van der Waals surface area contributed by atoms with Crippen molar-refractivity contribution < 1.29 is 24.6 Å². The monoisotopic (exact) mass is 287 g/mol. The van der Waals surface area contributed by atoms with Gasteiger partial charge in [-0.3, -0.25) is 9.59 Å². The van der Waals surface area contributed by atoms with E-state index in [1.807, 2.05) is 20.8 Å². The van der Waals surface area contributed by atoms with Crippen LogP contribution in [-0.2, 0) is 14.4 Å². The molecule has 0 aliphatic rings. The second-order valence-electron chi connectivity index (χ2n) is 5.32. The lowest BCUT2D eigenvalue weighted by Crippen LogP contribution is -2.46. The van der Waals surface area contributed by atoms with Gasteiger partial charge >= 0.3 is 11.9 Å². The fraction of sp³-hybridized carbons (Fsp3) is 0.786. The quantitative estimate of drug-likeness (QED) is 0.640. The molecule has 6 heteroatoms. The van der Waals surface area contributed by atoms with Crippen LogP contribution in [0.2, 0.25) is 0 Å². The topological polar surface area (TPSA) is 94.9 Å². The molecule has 0 saturated carbocycles. The summed E-state index contributed by atoms with van der Waals surface area (Å²) in [6, 6.07) is -0.946. The number of carbonyl (C=O) groups is 3. The van der Waals surface area contributed by atoms with Crippen molar-refractivity contribution >= 4 is 17.8 Å². The highest BCUT2D eigenvalue weighted by atomic mass is 16.4. The van der Waals surface area contributed by atoms with Gasteiger partial charge in [-0.05, 0) is 18.8 Å². The molecule has 0 aliphatic carbocycles. The lowest BCUT2D eigenvalue weighted by atomic mass is 10.0. The summed E-state index contributed by atoms with van der Waals surface area (Å²) in [6.45, 7) is 5.64. The first kappa shape index (κ1) is 18.4. The SMILES string of the molecule is CCCCC(=O)N(CCC(=O)O)C(CC(C)C)C(=O)O. The zero-order valence-corrected chi connectivity index (χ0v) is 12.5. The second-order valence-corrected chi connectivity index (χ2v) is 5.32. The maximum absolute atomic E-state index is 12.1. The highest BCUT2D eigenvalue weighted by molar-refractivity contribution is 5.84. The van der Waals surface area contributed by atoms with Gasteiger partial charge in [-0.1, -0.05) is 27.2 Å². The van der Waals surface area contributed by atoms with Crippen molar-refractivity contribution in [1.82, 2.24) is 4.90 Å². The molecule has 0 aromatic rings. The standard InChI is InChI=1S/C14H25NO5/c1-4-5-6-12(16)15(8-7-13(17)18)11(14(19)20)9-10(2)3/h10-11H,4-9H2,1-3H3,(H,17,18)(H,19,20). The van der Waals surface area contributed by atoms with E-state index < -0.39 is 18.0 Å². The van der Waals surface area contributed by atoms with Gasteiger partial charge in [0, 0.05) is 13.0 Å². The number of aliphatic carboxylic acids is 2.